The largest absolute Gasteiger partial charge is 0.268 e. The summed E-state index contributed by atoms with van der Waals surface area (Å²) in [6.07, 6.45) is 9.59. The molecule has 0 radical (unpaired) electrons. The molecule has 2 nitrogen and oxygen atoms in total. The molecule has 2 N–H and O–H groups in total. The zero-order valence-corrected chi connectivity index (χ0v) is 7.18. The third kappa shape index (κ3) is 1.18. The molecule has 2 aliphatic rings. The highest BCUT2D eigenvalue weighted by atomic mass is 15.5. The van der Waals surface area contributed by atoms with Gasteiger partial charge in [-0.05, 0) is 25.7 Å². The summed E-state index contributed by atoms with van der Waals surface area (Å²) in [5.41, 5.74) is 0.443. The van der Waals surface area contributed by atoms with Crippen molar-refractivity contribution in [2.75, 3.05) is 6.54 Å². The molecular weight excluding hydrogens is 136 g/mol. The van der Waals surface area contributed by atoms with Crippen molar-refractivity contribution in [1.82, 2.24) is 5.01 Å². The van der Waals surface area contributed by atoms with Gasteiger partial charge in [-0.2, -0.15) is 0 Å². The molecule has 2 fully saturated rings. The van der Waals surface area contributed by atoms with E-state index in [1.165, 1.54) is 44.9 Å². The van der Waals surface area contributed by atoms with Gasteiger partial charge in [0.2, 0.25) is 0 Å². The van der Waals surface area contributed by atoms with Gasteiger partial charge in [0.05, 0.1) is 0 Å². The molecule has 1 saturated heterocycles. The highest BCUT2D eigenvalue weighted by Gasteiger charge is 2.39. The molecule has 0 aromatic rings. The van der Waals surface area contributed by atoms with E-state index in [9.17, 15) is 0 Å². The summed E-state index contributed by atoms with van der Waals surface area (Å²) < 4.78 is 0. The van der Waals surface area contributed by atoms with Gasteiger partial charge in [-0.15, -0.1) is 0 Å². The zero-order valence-electron chi connectivity index (χ0n) is 7.18. The third-order valence-corrected chi connectivity index (χ3v) is 3.43. The minimum absolute atomic E-state index is 0.443. The van der Waals surface area contributed by atoms with E-state index in [1.54, 1.807) is 0 Å². The first kappa shape index (κ1) is 7.56. The van der Waals surface area contributed by atoms with Crippen LogP contribution in [0.25, 0.3) is 0 Å². The average molecular weight is 154 g/mol. The lowest BCUT2D eigenvalue weighted by Gasteiger charge is -2.38. The fourth-order valence-electron chi connectivity index (χ4n) is 2.71. The van der Waals surface area contributed by atoms with Crippen molar-refractivity contribution in [2.24, 2.45) is 5.84 Å². The Balaban J connectivity index is 2.06. The minimum atomic E-state index is 0.443. The molecule has 1 saturated carbocycles. The summed E-state index contributed by atoms with van der Waals surface area (Å²) in [6.45, 7) is 1.12. The number of hydrogen-bond acceptors (Lipinski definition) is 2. The van der Waals surface area contributed by atoms with E-state index in [2.05, 4.69) is 5.01 Å². The van der Waals surface area contributed by atoms with Gasteiger partial charge in [0.1, 0.15) is 0 Å². The van der Waals surface area contributed by atoms with Crippen molar-refractivity contribution in [2.45, 2.75) is 50.5 Å². The first-order valence-corrected chi connectivity index (χ1v) is 4.86. The molecule has 0 atom stereocenters. The van der Waals surface area contributed by atoms with Gasteiger partial charge in [-0.3, -0.25) is 5.84 Å². The molecule has 64 valence electrons. The quantitative estimate of drug-likeness (QED) is 0.538. The van der Waals surface area contributed by atoms with E-state index in [-0.39, 0.29) is 0 Å². The van der Waals surface area contributed by atoms with E-state index in [1.807, 2.05) is 0 Å². The SMILES string of the molecule is NN1CCCC12CCCCC2. The van der Waals surface area contributed by atoms with Gasteiger partial charge in [0.25, 0.3) is 0 Å². The van der Waals surface area contributed by atoms with Crippen LogP contribution in [0.15, 0.2) is 0 Å². The maximum absolute atomic E-state index is 5.98. The molecule has 2 rings (SSSR count). The van der Waals surface area contributed by atoms with E-state index in [0.29, 0.717) is 5.54 Å². The summed E-state index contributed by atoms with van der Waals surface area (Å²) in [5, 5.41) is 2.12. The van der Waals surface area contributed by atoms with Crippen LogP contribution in [0, 0.1) is 0 Å². The van der Waals surface area contributed by atoms with Gasteiger partial charge in [-0.1, -0.05) is 19.3 Å². The lowest BCUT2D eigenvalue weighted by atomic mass is 9.80. The second-order valence-corrected chi connectivity index (χ2v) is 4.08. The maximum Gasteiger partial charge on any atom is 0.0352 e. The standard InChI is InChI=1S/C9H18N2/c10-11-8-4-7-9(11)5-2-1-3-6-9/h1-8,10H2. The van der Waals surface area contributed by atoms with E-state index in [4.69, 9.17) is 5.84 Å². The molecule has 0 aromatic heterocycles. The Bertz CT molecular complexity index is 138. The second kappa shape index (κ2) is 2.76. The van der Waals surface area contributed by atoms with Gasteiger partial charge in [0, 0.05) is 12.1 Å². The van der Waals surface area contributed by atoms with Crippen LogP contribution in [-0.2, 0) is 0 Å². The predicted octanol–water partition coefficient (Wildman–Crippen LogP) is 1.66. The van der Waals surface area contributed by atoms with Gasteiger partial charge < -0.3 is 0 Å². The highest BCUT2D eigenvalue weighted by molar-refractivity contribution is 4.94. The van der Waals surface area contributed by atoms with Crippen molar-refractivity contribution < 1.29 is 0 Å². The summed E-state index contributed by atoms with van der Waals surface area (Å²) in [4.78, 5) is 0. The second-order valence-electron chi connectivity index (χ2n) is 4.08. The molecule has 1 spiro atoms. The summed E-state index contributed by atoms with van der Waals surface area (Å²) >= 11 is 0. The van der Waals surface area contributed by atoms with E-state index < -0.39 is 0 Å². The lowest BCUT2D eigenvalue weighted by molar-refractivity contribution is 0.0936. The van der Waals surface area contributed by atoms with Crippen molar-refractivity contribution in [3.05, 3.63) is 0 Å². The molecule has 11 heavy (non-hydrogen) atoms. The molecule has 0 bridgehead atoms. The number of rotatable bonds is 0. The number of nitrogens with two attached hydrogens (primary N) is 1. The molecule has 1 aliphatic carbocycles. The molecule has 1 heterocycles. The van der Waals surface area contributed by atoms with E-state index >= 15 is 0 Å². The molecule has 2 heteroatoms. The van der Waals surface area contributed by atoms with Gasteiger partial charge in [0.15, 0.2) is 0 Å². The summed E-state index contributed by atoms with van der Waals surface area (Å²) in [6, 6.07) is 0. The Morgan fingerprint density at radius 2 is 1.55 bits per heavy atom. The number of hydrazine groups is 1. The van der Waals surface area contributed by atoms with Crippen LogP contribution in [0.5, 0.6) is 0 Å². The van der Waals surface area contributed by atoms with Crippen molar-refractivity contribution in [3.63, 3.8) is 0 Å². The zero-order chi connectivity index (χ0) is 7.73. The first-order chi connectivity index (χ1) is 5.33. The topological polar surface area (TPSA) is 29.3 Å². The Hall–Kier alpha value is -0.0800. The number of nitrogens with zero attached hydrogens (tertiary/aromatic N) is 1. The number of hydrogen-bond donors (Lipinski definition) is 1. The minimum Gasteiger partial charge on any atom is -0.268 e. The van der Waals surface area contributed by atoms with E-state index in [0.717, 1.165) is 6.54 Å². The maximum atomic E-state index is 5.98. The van der Waals surface area contributed by atoms with Crippen LogP contribution >= 0.6 is 0 Å². The van der Waals surface area contributed by atoms with Crippen LogP contribution in [-0.4, -0.2) is 17.1 Å². The van der Waals surface area contributed by atoms with Crippen LogP contribution in [0.4, 0.5) is 0 Å². The normalized spacial score (nSPS) is 31.4. The molecule has 0 aromatic carbocycles. The van der Waals surface area contributed by atoms with Crippen LogP contribution < -0.4 is 5.84 Å². The summed E-state index contributed by atoms with van der Waals surface area (Å²) in [7, 11) is 0. The average Bonchev–Trinajstić information content (AvgIpc) is 2.36. The predicted molar refractivity (Wildman–Crippen MR) is 45.9 cm³/mol. The third-order valence-electron chi connectivity index (χ3n) is 3.43. The van der Waals surface area contributed by atoms with Crippen molar-refractivity contribution >= 4 is 0 Å². The Labute approximate surface area is 68.7 Å². The molecule has 0 amide bonds. The molecular formula is C9H18N2. The van der Waals surface area contributed by atoms with Crippen molar-refractivity contribution in [1.29, 1.82) is 0 Å². The Kier molecular flexibility index (Phi) is 1.90. The van der Waals surface area contributed by atoms with Crippen LogP contribution in [0.3, 0.4) is 0 Å². The fourth-order valence-corrected chi connectivity index (χ4v) is 2.71. The lowest BCUT2D eigenvalue weighted by Crippen LogP contribution is -2.49. The van der Waals surface area contributed by atoms with Gasteiger partial charge in [-0.25, -0.2) is 5.01 Å². The molecule has 1 aliphatic heterocycles. The smallest absolute Gasteiger partial charge is 0.0352 e. The summed E-state index contributed by atoms with van der Waals surface area (Å²) in [5.74, 6) is 5.98. The fraction of sp³-hybridized carbons (Fsp3) is 1.00. The first-order valence-electron chi connectivity index (χ1n) is 4.86. The highest BCUT2D eigenvalue weighted by Crippen LogP contribution is 2.39. The van der Waals surface area contributed by atoms with Gasteiger partial charge >= 0.3 is 0 Å². The van der Waals surface area contributed by atoms with Crippen molar-refractivity contribution in [3.8, 4) is 0 Å². The molecule has 0 unspecified atom stereocenters. The van der Waals surface area contributed by atoms with Crippen LogP contribution in [0.1, 0.15) is 44.9 Å². The Morgan fingerprint density at radius 3 is 2.09 bits per heavy atom. The Morgan fingerprint density at radius 1 is 0.909 bits per heavy atom. The monoisotopic (exact) mass is 154 g/mol. The van der Waals surface area contributed by atoms with Crippen LogP contribution in [0.2, 0.25) is 0 Å².